The molecule has 1 saturated carbocycles. The standard InChI is InChI=1S/C16H25FN2/c1-3-19(11-13-5-4-6-13)16(10-18)14-9-12(2)7-8-15(14)17/h7-9,13,16H,3-6,10-11,18H2,1-2H3. The molecule has 0 heterocycles. The van der Waals surface area contributed by atoms with Gasteiger partial charge in [-0.1, -0.05) is 31.0 Å². The van der Waals surface area contributed by atoms with Crippen molar-refractivity contribution in [1.82, 2.24) is 4.90 Å². The molecule has 1 aromatic rings. The predicted molar refractivity (Wildman–Crippen MR) is 77.5 cm³/mol. The Kier molecular flexibility index (Phi) is 4.94. The summed E-state index contributed by atoms with van der Waals surface area (Å²) in [4.78, 5) is 2.34. The molecule has 1 fully saturated rings. The zero-order chi connectivity index (χ0) is 13.8. The number of halogens is 1. The van der Waals surface area contributed by atoms with Crippen LogP contribution in [0.25, 0.3) is 0 Å². The van der Waals surface area contributed by atoms with Crippen LogP contribution in [0.15, 0.2) is 18.2 Å². The van der Waals surface area contributed by atoms with Gasteiger partial charge in [-0.3, -0.25) is 4.90 Å². The first-order valence-electron chi connectivity index (χ1n) is 7.35. The summed E-state index contributed by atoms with van der Waals surface area (Å²) in [5.74, 6) is 0.648. The SMILES string of the molecule is CCN(CC1CCC1)C(CN)c1cc(C)ccc1F. The molecule has 1 aliphatic carbocycles. The number of nitrogens with two attached hydrogens (primary N) is 1. The van der Waals surface area contributed by atoms with Gasteiger partial charge in [0.2, 0.25) is 0 Å². The van der Waals surface area contributed by atoms with E-state index in [0.29, 0.717) is 6.54 Å². The average molecular weight is 264 g/mol. The summed E-state index contributed by atoms with van der Waals surface area (Å²) in [7, 11) is 0. The molecule has 0 amide bonds. The highest BCUT2D eigenvalue weighted by Gasteiger charge is 2.26. The Labute approximate surface area is 115 Å². The van der Waals surface area contributed by atoms with Crippen molar-refractivity contribution in [3.8, 4) is 0 Å². The number of benzene rings is 1. The quantitative estimate of drug-likeness (QED) is 0.854. The Morgan fingerprint density at radius 1 is 1.42 bits per heavy atom. The fourth-order valence-electron chi connectivity index (χ4n) is 2.88. The summed E-state index contributed by atoms with van der Waals surface area (Å²) in [5.41, 5.74) is 7.77. The number of nitrogens with zero attached hydrogens (tertiary/aromatic N) is 1. The molecule has 2 nitrogen and oxygen atoms in total. The van der Waals surface area contributed by atoms with Gasteiger partial charge in [-0.15, -0.1) is 0 Å². The molecule has 0 aliphatic heterocycles. The van der Waals surface area contributed by atoms with E-state index in [1.165, 1.54) is 19.3 Å². The number of likely N-dealkylation sites (N-methyl/N-ethyl adjacent to an activating group) is 1. The summed E-state index contributed by atoms with van der Waals surface area (Å²) in [6, 6.07) is 5.32. The monoisotopic (exact) mass is 264 g/mol. The predicted octanol–water partition coefficient (Wildman–Crippen LogP) is 3.26. The molecule has 2 N–H and O–H groups in total. The second kappa shape index (κ2) is 6.49. The van der Waals surface area contributed by atoms with Gasteiger partial charge in [0.05, 0.1) is 0 Å². The van der Waals surface area contributed by atoms with E-state index < -0.39 is 0 Å². The Balaban J connectivity index is 2.17. The molecule has 3 heteroatoms. The second-order valence-electron chi connectivity index (χ2n) is 5.66. The van der Waals surface area contributed by atoms with Crippen LogP contribution >= 0.6 is 0 Å². The van der Waals surface area contributed by atoms with E-state index in [-0.39, 0.29) is 11.9 Å². The van der Waals surface area contributed by atoms with Crippen LogP contribution in [-0.4, -0.2) is 24.5 Å². The number of hydrogen-bond donors (Lipinski definition) is 1. The van der Waals surface area contributed by atoms with Gasteiger partial charge < -0.3 is 5.73 Å². The minimum absolute atomic E-state index is 0.00509. The highest BCUT2D eigenvalue weighted by atomic mass is 19.1. The van der Waals surface area contributed by atoms with Gasteiger partial charge in [0.15, 0.2) is 0 Å². The van der Waals surface area contributed by atoms with Crippen LogP contribution < -0.4 is 5.73 Å². The lowest BCUT2D eigenvalue weighted by Crippen LogP contribution is -2.39. The molecule has 1 aliphatic rings. The van der Waals surface area contributed by atoms with Crippen LogP contribution in [0.5, 0.6) is 0 Å². The second-order valence-corrected chi connectivity index (χ2v) is 5.66. The molecule has 1 unspecified atom stereocenters. The van der Waals surface area contributed by atoms with Crippen molar-refractivity contribution in [3.05, 3.63) is 35.1 Å². The molecule has 0 spiro atoms. The molecular weight excluding hydrogens is 239 g/mol. The van der Waals surface area contributed by atoms with Gasteiger partial charge in [-0.05, 0) is 38.3 Å². The summed E-state index contributed by atoms with van der Waals surface area (Å²) in [5, 5.41) is 0. The molecule has 0 bridgehead atoms. The third-order valence-corrected chi connectivity index (χ3v) is 4.30. The van der Waals surface area contributed by atoms with E-state index >= 15 is 0 Å². The molecule has 1 aromatic carbocycles. The lowest BCUT2D eigenvalue weighted by Gasteiger charge is -2.36. The van der Waals surface area contributed by atoms with E-state index in [9.17, 15) is 4.39 Å². The van der Waals surface area contributed by atoms with Crippen molar-refractivity contribution in [2.75, 3.05) is 19.6 Å². The van der Waals surface area contributed by atoms with E-state index in [1.807, 2.05) is 19.1 Å². The molecule has 0 aromatic heterocycles. The first kappa shape index (κ1) is 14.5. The normalized spacial score (nSPS) is 17.5. The minimum atomic E-state index is -0.131. The zero-order valence-corrected chi connectivity index (χ0v) is 12.0. The van der Waals surface area contributed by atoms with Crippen molar-refractivity contribution in [3.63, 3.8) is 0 Å². The number of hydrogen-bond acceptors (Lipinski definition) is 2. The van der Waals surface area contributed by atoms with Crippen molar-refractivity contribution in [2.45, 2.75) is 39.2 Å². The lowest BCUT2D eigenvalue weighted by molar-refractivity contribution is 0.139. The fourth-order valence-corrected chi connectivity index (χ4v) is 2.88. The van der Waals surface area contributed by atoms with Gasteiger partial charge in [-0.25, -0.2) is 4.39 Å². The summed E-state index contributed by atoms with van der Waals surface area (Å²) in [6.07, 6.45) is 3.96. The molecule has 0 saturated heterocycles. The topological polar surface area (TPSA) is 29.3 Å². The van der Waals surface area contributed by atoms with Crippen molar-refractivity contribution < 1.29 is 4.39 Å². The molecule has 19 heavy (non-hydrogen) atoms. The average Bonchev–Trinajstić information content (AvgIpc) is 2.35. The van der Waals surface area contributed by atoms with Crippen LogP contribution in [-0.2, 0) is 0 Å². The van der Waals surface area contributed by atoms with Crippen LogP contribution in [0.2, 0.25) is 0 Å². The third-order valence-electron chi connectivity index (χ3n) is 4.30. The van der Waals surface area contributed by atoms with Gasteiger partial charge >= 0.3 is 0 Å². The summed E-state index contributed by atoms with van der Waals surface area (Å²) >= 11 is 0. The molecule has 1 atom stereocenters. The molecule has 2 rings (SSSR count). The zero-order valence-electron chi connectivity index (χ0n) is 12.0. The maximum Gasteiger partial charge on any atom is 0.128 e. The summed E-state index contributed by atoms with van der Waals surface area (Å²) in [6.45, 7) is 6.58. The first-order valence-corrected chi connectivity index (χ1v) is 7.35. The van der Waals surface area contributed by atoms with E-state index in [2.05, 4.69) is 11.8 Å². The number of aryl methyl sites for hydroxylation is 1. The van der Waals surface area contributed by atoms with Crippen LogP contribution in [0.3, 0.4) is 0 Å². The Bertz CT molecular complexity index is 415. The van der Waals surface area contributed by atoms with E-state index in [4.69, 9.17) is 5.73 Å². The van der Waals surface area contributed by atoms with Crippen LogP contribution in [0.1, 0.15) is 43.4 Å². The number of rotatable bonds is 6. The highest BCUT2D eigenvalue weighted by Crippen LogP contribution is 2.31. The van der Waals surface area contributed by atoms with Gasteiger partial charge in [0.25, 0.3) is 0 Å². The maximum atomic E-state index is 14.1. The van der Waals surface area contributed by atoms with Gasteiger partial charge in [-0.2, -0.15) is 0 Å². The minimum Gasteiger partial charge on any atom is -0.329 e. The van der Waals surface area contributed by atoms with Gasteiger partial charge in [0.1, 0.15) is 5.82 Å². The smallest absolute Gasteiger partial charge is 0.128 e. The molecular formula is C16H25FN2. The van der Waals surface area contributed by atoms with Crippen LogP contribution in [0.4, 0.5) is 4.39 Å². The van der Waals surface area contributed by atoms with Crippen molar-refractivity contribution >= 4 is 0 Å². The Morgan fingerprint density at radius 2 is 2.16 bits per heavy atom. The molecule has 0 radical (unpaired) electrons. The van der Waals surface area contributed by atoms with Gasteiger partial charge in [0, 0.05) is 24.7 Å². The summed E-state index contributed by atoms with van der Waals surface area (Å²) < 4.78 is 14.1. The Hall–Kier alpha value is -0.930. The van der Waals surface area contributed by atoms with Crippen LogP contribution in [0, 0.1) is 18.7 Å². The fraction of sp³-hybridized carbons (Fsp3) is 0.625. The highest BCUT2D eigenvalue weighted by molar-refractivity contribution is 5.27. The lowest BCUT2D eigenvalue weighted by atomic mass is 9.84. The van der Waals surface area contributed by atoms with E-state index in [1.54, 1.807) is 6.07 Å². The van der Waals surface area contributed by atoms with E-state index in [0.717, 1.165) is 30.1 Å². The molecule has 106 valence electrons. The first-order chi connectivity index (χ1) is 9.15. The Morgan fingerprint density at radius 3 is 2.68 bits per heavy atom. The van der Waals surface area contributed by atoms with Crippen molar-refractivity contribution in [1.29, 1.82) is 0 Å². The maximum absolute atomic E-state index is 14.1. The van der Waals surface area contributed by atoms with Crippen molar-refractivity contribution in [2.24, 2.45) is 11.7 Å². The largest absolute Gasteiger partial charge is 0.329 e. The third kappa shape index (κ3) is 3.34.